The van der Waals surface area contributed by atoms with Gasteiger partial charge in [0, 0.05) is 50.4 Å². The van der Waals surface area contributed by atoms with Crippen LogP contribution < -0.4 is 10.2 Å². The van der Waals surface area contributed by atoms with E-state index in [4.69, 9.17) is 19.6 Å². The highest BCUT2D eigenvalue weighted by Crippen LogP contribution is 2.39. The van der Waals surface area contributed by atoms with Crippen LogP contribution in [0.4, 0.5) is 21.6 Å². The summed E-state index contributed by atoms with van der Waals surface area (Å²) in [5.74, 6) is 0.0264. The molecule has 2 aromatic rings. The largest absolute Gasteiger partial charge is 0.464 e. The van der Waals surface area contributed by atoms with Crippen molar-refractivity contribution in [3.63, 3.8) is 0 Å². The summed E-state index contributed by atoms with van der Waals surface area (Å²) in [4.78, 5) is 19.2. The first-order valence-corrected chi connectivity index (χ1v) is 12.5. The topological polar surface area (TPSA) is 96.8 Å². The van der Waals surface area contributed by atoms with Gasteiger partial charge in [0.05, 0.1) is 38.2 Å². The maximum atomic E-state index is 15.4. The van der Waals surface area contributed by atoms with E-state index >= 15 is 4.39 Å². The lowest BCUT2D eigenvalue weighted by molar-refractivity contribution is -0.0161. The van der Waals surface area contributed by atoms with Crippen LogP contribution in [0.3, 0.4) is 0 Å². The number of ether oxygens (including phenoxy) is 3. The summed E-state index contributed by atoms with van der Waals surface area (Å²) < 4.78 is 30.9. The normalized spacial score (nSPS) is 17.4. The zero-order valence-corrected chi connectivity index (χ0v) is 21.0. The van der Waals surface area contributed by atoms with Gasteiger partial charge in [0.15, 0.2) is 5.69 Å². The molecule has 194 valence electrons. The lowest BCUT2D eigenvalue weighted by Gasteiger charge is -2.39. The zero-order chi connectivity index (χ0) is 25.5. The molecule has 0 radical (unpaired) electrons. The van der Waals surface area contributed by atoms with E-state index in [1.54, 1.807) is 13.2 Å². The molecule has 1 aliphatic carbocycles. The number of piperidine rings is 1. The van der Waals surface area contributed by atoms with E-state index < -0.39 is 11.6 Å². The number of halogens is 1. The molecule has 1 aromatic heterocycles. The Bertz CT molecular complexity index is 1050. The van der Waals surface area contributed by atoms with E-state index in [0.29, 0.717) is 49.1 Å². The van der Waals surface area contributed by atoms with Gasteiger partial charge in [0.25, 0.3) is 0 Å². The highest BCUT2D eigenvalue weighted by Gasteiger charge is 2.37. The van der Waals surface area contributed by atoms with Crippen LogP contribution in [0.25, 0.3) is 0 Å². The highest BCUT2D eigenvalue weighted by atomic mass is 19.1. The number of benzene rings is 1. The van der Waals surface area contributed by atoms with Gasteiger partial charge in [0.1, 0.15) is 11.5 Å². The summed E-state index contributed by atoms with van der Waals surface area (Å²) in [5.41, 5.74) is 1.40. The average molecular weight is 499 g/mol. The fourth-order valence-electron chi connectivity index (χ4n) is 4.60. The van der Waals surface area contributed by atoms with Crippen molar-refractivity contribution in [1.82, 2.24) is 4.98 Å². The van der Waals surface area contributed by atoms with Gasteiger partial charge in [-0.05, 0) is 31.0 Å². The third kappa shape index (κ3) is 6.02. The van der Waals surface area contributed by atoms with Gasteiger partial charge in [-0.25, -0.2) is 14.2 Å². The Morgan fingerprint density at radius 2 is 1.92 bits per heavy atom. The Hall–Kier alpha value is -3.04. The molecule has 1 aliphatic heterocycles. The number of hydrogen-bond donors (Lipinski definition) is 2. The molecular formula is C27H35FN4O4. The van der Waals surface area contributed by atoms with Crippen molar-refractivity contribution in [2.45, 2.75) is 37.8 Å². The van der Waals surface area contributed by atoms with Gasteiger partial charge >= 0.3 is 5.97 Å². The first-order valence-electron chi connectivity index (χ1n) is 12.5. The number of carbonyl (C=O) groups excluding carboxylic acids is 1. The maximum absolute atomic E-state index is 15.4. The maximum Gasteiger partial charge on any atom is 0.356 e. The SMILES string of the molecule is COCCOCC1(F)CCN(c2cc(C(=O)OC)nc(Nc3ccccc3)c2C(=N)C2CCC2)CC1. The highest BCUT2D eigenvalue weighted by molar-refractivity contribution is 6.10. The van der Waals surface area contributed by atoms with Crippen LogP contribution in [0, 0.1) is 11.3 Å². The molecule has 0 bridgehead atoms. The third-order valence-corrected chi connectivity index (χ3v) is 7.01. The molecular weight excluding hydrogens is 463 g/mol. The second kappa shape index (κ2) is 11.8. The minimum Gasteiger partial charge on any atom is -0.464 e. The number of nitrogens with one attached hydrogen (secondary N) is 2. The second-order valence-electron chi connectivity index (χ2n) is 9.46. The Morgan fingerprint density at radius 1 is 1.19 bits per heavy atom. The molecule has 2 aliphatic rings. The van der Waals surface area contributed by atoms with E-state index in [9.17, 15) is 4.79 Å². The summed E-state index contributed by atoms with van der Waals surface area (Å²) in [5, 5.41) is 12.4. The minimum absolute atomic E-state index is 0.0273. The lowest BCUT2D eigenvalue weighted by Crippen LogP contribution is -2.45. The fraction of sp³-hybridized carbons (Fsp3) is 0.519. The van der Waals surface area contributed by atoms with Crippen LogP contribution in [0.2, 0.25) is 0 Å². The first-order chi connectivity index (χ1) is 17.4. The molecule has 1 aromatic carbocycles. The van der Waals surface area contributed by atoms with Gasteiger partial charge in [-0.2, -0.15) is 0 Å². The van der Waals surface area contributed by atoms with Crippen LogP contribution in [-0.2, 0) is 14.2 Å². The molecule has 2 N–H and O–H groups in total. The number of esters is 1. The van der Waals surface area contributed by atoms with Crippen LogP contribution >= 0.6 is 0 Å². The molecule has 1 saturated heterocycles. The number of pyridine rings is 1. The average Bonchev–Trinajstić information content (AvgIpc) is 2.86. The third-order valence-electron chi connectivity index (χ3n) is 7.01. The first kappa shape index (κ1) is 26.0. The predicted octanol–water partition coefficient (Wildman–Crippen LogP) is 4.75. The van der Waals surface area contributed by atoms with Gasteiger partial charge < -0.3 is 29.8 Å². The van der Waals surface area contributed by atoms with Crippen molar-refractivity contribution < 1.29 is 23.4 Å². The molecule has 9 heteroatoms. The molecule has 2 heterocycles. The van der Waals surface area contributed by atoms with Crippen LogP contribution in [0.5, 0.6) is 0 Å². The van der Waals surface area contributed by atoms with Crippen molar-refractivity contribution in [3.8, 4) is 0 Å². The quantitative estimate of drug-likeness (QED) is 0.262. The van der Waals surface area contributed by atoms with Crippen molar-refractivity contribution in [2.75, 3.05) is 57.3 Å². The Labute approximate surface area is 211 Å². The standard InChI is InChI=1S/C27H35FN4O4/c1-34-15-16-36-18-27(28)11-13-32(14-12-27)22-17-21(26(33)35-2)31-25(30-20-9-4-3-5-10-20)23(22)24(29)19-7-6-8-19/h3-5,9-10,17,19,29H,6-8,11-16,18H2,1-2H3,(H,30,31). The summed E-state index contributed by atoms with van der Waals surface area (Å²) in [6, 6.07) is 11.2. The summed E-state index contributed by atoms with van der Waals surface area (Å²) in [7, 11) is 2.91. The van der Waals surface area contributed by atoms with Crippen molar-refractivity contribution in [3.05, 3.63) is 47.7 Å². The number of methoxy groups -OCH3 is 2. The van der Waals surface area contributed by atoms with Crippen molar-refractivity contribution in [1.29, 1.82) is 5.41 Å². The van der Waals surface area contributed by atoms with E-state index in [1.807, 2.05) is 30.3 Å². The van der Waals surface area contributed by atoms with Gasteiger partial charge in [-0.3, -0.25) is 0 Å². The molecule has 8 nitrogen and oxygen atoms in total. The Kier molecular flexibility index (Phi) is 8.53. The monoisotopic (exact) mass is 498 g/mol. The summed E-state index contributed by atoms with van der Waals surface area (Å²) in [6.45, 7) is 1.68. The Balaban J connectivity index is 1.66. The van der Waals surface area contributed by atoms with Crippen molar-refractivity contribution >= 4 is 28.9 Å². The molecule has 0 unspecified atom stereocenters. The summed E-state index contributed by atoms with van der Waals surface area (Å²) >= 11 is 0. The zero-order valence-electron chi connectivity index (χ0n) is 21.0. The number of aromatic nitrogens is 1. The van der Waals surface area contributed by atoms with Crippen molar-refractivity contribution in [2.24, 2.45) is 5.92 Å². The van der Waals surface area contributed by atoms with E-state index in [1.165, 1.54) is 7.11 Å². The Morgan fingerprint density at radius 3 is 2.53 bits per heavy atom. The minimum atomic E-state index is -1.42. The van der Waals surface area contributed by atoms with E-state index in [-0.39, 0.29) is 31.1 Å². The lowest BCUT2D eigenvalue weighted by atomic mass is 9.78. The smallest absolute Gasteiger partial charge is 0.356 e. The van der Waals surface area contributed by atoms with Crippen LogP contribution in [0.1, 0.15) is 48.2 Å². The summed E-state index contributed by atoms with van der Waals surface area (Å²) in [6.07, 6.45) is 3.57. The van der Waals surface area contributed by atoms with Gasteiger partial charge in [-0.1, -0.05) is 24.6 Å². The van der Waals surface area contributed by atoms with Gasteiger partial charge in [-0.15, -0.1) is 0 Å². The van der Waals surface area contributed by atoms with E-state index in [0.717, 1.165) is 24.9 Å². The number of nitrogens with zero attached hydrogens (tertiary/aromatic N) is 2. The molecule has 0 spiro atoms. The van der Waals surface area contributed by atoms with Crippen LogP contribution in [0.15, 0.2) is 36.4 Å². The predicted molar refractivity (Wildman–Crippen MR) is 137 cm³/mol. The molecule has 36 heavy (non-hydrogen) atoms. The van der Waals surface area contributed by atoms with Gasteiger partial charge in [0.2, 0.25) is 0 Å². The molecule has 4 rings (SSSR count). The number of alkyl halides is 1. The number of carbonyl (C=O) groups is 1. The molecule has 0 atom stereocenters. The number of rotatable bonds is 11. The second-order valence-corrected chi connectivity index (χ2v) is 9.46. The van der Waals surface area contributed by atoms with E-state index in [2.05, 4.69) is 15.2 Å². The molecule has 0 amide bonds. The van der Waals surface area contributed by atoms with Crippen LogP contribution in [-0.4, -0.2) is 69.5 Å². The fourth-order valence-corrected chi connectivity index (χ4v) is 4.60. The number of anilines is 3. The molecule has 2 fully saturated rings. The molecule has 1 saturated carbocycles. The number of para-hydroxylation sites is 1. The number of hydrogen-bond acceptors (Lipinski definition) is 8.